The topological polar surface area (TPSA) is 89.3 Å². The summed E-state index contributed by atoms with van der Waals surface area (Å²) in [6.07, 6.45) is 4.70. The fourth-order valence-electron chi connectivity index (χ4n) is 2.86. The van der Waals surface area contributed by atoms with Crippen LogP contribution >= 0.6 is 0 Å². The number of rotatable bonds is 4. The molecule has 1 aromatic carbocycles. The van der Waals surface area contributed by atoms with Gasteiger partial charge >= 0.3 is 0 Å². The molecule has 1 aliphatic rings. The summed E-state index contributed by atoms with van der Waals surface area (Å²) in [5, 5.41) is 8.04. The summed E-state index contributed by atoms with van der Waals surface area (Å²) in [5.41, 5.74) is 1.28. The van der Waals surface area contributed by atoms with Crippen LogP contribution in [0.2, 0.25) is 0 Å². The van der Waals surface area contributed by atoms with Gasteiger partial charge in [-0.1, -0.05) is 19.8 Å². The zero-order valence-electron chi connectivity index (χ0n) is 12.5. The first kappa shape index (κ1) is 16.0. The van der Waals surface area contributed by atoms with Crippen molar-refractivity contribution in [3.05, 3.63) is 29.3 Å². The lowest BCUT2D eigenvalue weighted by Gasteiger charge is -2.23. The number of amides is 1. The van der Waals surface area contributed by atoms with E-state index in [1.54, 1.807) is 6.92 Å². The van der Waals surface area contributed by atoms with Gasteiger partial charge in [-0.2, -0.15) is 0 Å². The van der Waals surface area contributed by atoms with E-state index in [1.807, 2.05) is 0 Å². The molecule has 0 aliphatic heterocycles. The highest BCUT2D eigenvalue weighted by Gasteiger charge is 2.29. The monoisotopic (exact) mass is 310 g/mol. The largest absolute Gasteiger partial charge is 0.351 e. The number of sulfonamides is 1. The molecule has 0 aromatic heterocycles. The van der Waals surface area contributed by atoms with Crippen molar-refractivity contribution in [2.75, 3.05) is 6.54 Å². The van der Waals surface area contributed by atoms with E-state index in [4.69, 9.17) is 5.14 Å². The normalized spacial score (nSPS) is 17.7. The van der Waals surface area contributed by atoms with Crippen LogP contribution in [-0.2, 0) is 10.0 Å². The third kappa shape index (κ3) is 3.83. The highest BCUT2D eigenvalue weighted by atomic mass is 32.2. The molecule has 0 unspecified atom stereocenters. The zero-order chi connectivity index (χ0) is 15.7. The van der Waals surface area contributed by atoms with Gasteiger partial charge in [0.25, 0.3) is 5.91 Å². The highest BCUT2D eigenvalue weighted by Crippen LogP contribution is 2.36. The molecule has 6 heteroatoms. The van der Waals surface area contributed by atoms with Crippen molar-refractivity contribution in [1.29, 1.82) is 0 Å². The number of benzene rings is 1. The number of hydrogen-bond acceptors (Lipinski definition) is 3. The lowest BCUT2D eigenvalue weighted by molar-refractivity contribution is 0.0933. The molecule has 0 atom stereocenters. The van der Waals surface area contributed by atoms with Gasteiger partial charge in [-0.3, -0.25) is 4.79 Å². The predicted molar refractivity (Wildman–Crippen MR) is 81.5 cm³/mol. The number of hydrogen-bond donors (Lipinski definition) is 2. The van der Waals surface area contributed by atoms with E-state index in [1.165, 1.54) is 31.0 Å². The van der Waals surface area contributed by atoms with Crippen molar-refractivity contribution in [2.24, 2.45) is 10.6 Å². The Morgan fingerprint density at radius 1 is 1.33 bits per heavy atom. The van der Waals surface area contributed by atoms with Crippen LogP contribution in [0.4, 0.5) is 0 Å². The van der Waals surface area contributed by atoms with Crippen LogP contribution < -0.4 is 10.5 Å². The first-order chi connectivity index (χ1) is 9.71. The molecule has 0 spiro atoms. The number of primary sulfonamides is 1. The van der Waals surface area contributed by atoms with E-state index in [9.17, 15) is 13.2 Å². The molecular weight excluding hydrogens is 288 g/mol. The predicted octanol–water partition coefficient (Wildman–Crippen LogP) is 1.95. The van der Waals surface area contributed by atoms with Gasteiger partial charge in [0.1, 0.15) is 0 Å². The van der Waals surface area contributed by atoms with E-state index in [2.05, 4.69) is 12.2 Å². The zero-order valence-corrected chi connectivity index (χ0v) is 13.3. The van der Waals surface area contributed by atoms with Crippen LogP contribution in [0.5, 0.6) is 0 Å². The second-order valence-corrected chi connectivity index (χ2v) is 7.78. The van der Waals surface area contributed by atoms with Crippen LogP contribution in [0.15, 0.2) is 23.1 Å². The number of carbonyl (C=O) groups is 1. The Labute approximate surface area is 126 Å². The Hall–Kier alpha value is -1.40. The third-order valence-corrected chi connectivity index (χ3v) is 5.17. The minimum Gasteiger partial charge on any atom is -0.351 e. The number of nitrogens with two attached hydrogens (primary N) is 1. The van der Waals surface area contributed by atoms with Crippen LogP contribution in [-0.4, -0.2) is 20.9 Å². The van der Waals surface area contributed by atoms with Crippen molar-refractivity contribution in [1.82, 2.24) is 5.32 Å². The van der Waals surface area contributed by atoms with E-state index >= 15 is 0 Å². The van der Waals surface area contributed by atoms with Gasteiger partial charge in [0.15, 0.2) is 0 Å². The van der Waals surface area contributed by atoms with Gasteiger partial charge in [-0.15, -0.1) is 0 Å². The van der Waals surface area contributed by atoms with Gasteiger partial charge in [0.2, 0.25) is 10.0 Å². The molecule has 1 aromatic rings. The van der Waals surface area contributed by atoms with Gasteiger partial charge in [0.05, 0.1) is 4.90 Å². The Kier molecular flexibility index (Phi) is 4.39. The van der Waals surface area contributed by atoms with Crippen molar-refractivity contribution in [3.8, 4) is 0 Å². The Bertz CT molecular complexity index is 647. The van der Waals surface area contributed by atoms with Gasteiger partial charge in [-0.05, 0) is 48.9 Å². The fourth-order valence-corrected chi connectivity index (χ4v) is 3.46. The molecule has 5 nitrogen and oxygen atoms in total. The average Bonchev–Trinajstić information content (AvgIpc) is 2.82. The quantitative estimate of drug-likeness (QED) is 0.890. The maximum absolute atomic E-state index is 12.2. The number of nitrogens with one attached hydrogen (secondary N) is 1. The molecule has 1 fully saturated rings. The second-order valence-electron chi connectivity index (χ2n) is 6.22. The minimum atomic E-state index is -3.73. The van der Waals surface area contributed by atoms with Crippen LogP contribution in [0.1, 0.15) is 48.5 Å². The Morgan fingerprint density at radius 2 is 1.95 bits per heavy atom. The molecule has 1 saturated carbocycles. The fraction of sp³-hybridized carbons (Fsp3) is 0.533. The summed E-state index contributed by atoms with van der Waals surface area (Å²) in [5.74, 6) is -0.165. The summed E-state index contributed by atoms with van der Waals surface area (Å²) in [6, 6.07) is 4.32. The van der Waals surface area contributed by atoms with E-state index in [0.29, 0.717) is 17.7 Å². The van der Waals surface area contributed by atoms with Crippen molar-refractivity contribution >= 4 is 15.9 Å². The molecule has 0 radical (unpaired) electrons. The summed E-state index contributed by atoms with van der Waals surface area (Å²) in [7, 11) is -3.73. The maximum atomic E-state index is 12.2. The van der Waals surface area contributed by atoms with Gasteiger partial charge < -0.3 is 5.32 Å². The third-order valence-electron chi connectivity index (χ3n) is 4.26. The standard InChI is InChI=1S/C15H22N2O3S/c1-11-9-12(21(16,19)20)5-6-13(11)14(18)17-10-15(2)7-3-4-8-15/h5-6,9H,3-4,7-8,10H2,1-2H3,(H,17,18)(H2,16,19,20). The lowest BCUT2D eigenvalue weighted by atomic mass is 9.89. The van der Waals surface area contributed by atoms with E-state index < -0.39 is 10.0 Å². The second kappa shape index (κ2) is 5.77. The number of aryl methyl sites for hydroxylation is 1. The number of carbonyl (C=O) groups excluding carboxylic acids is 1. The van der Waals surface area contributed by atoms with Crippen LogP contribution in [0, 0.1) is 12.3 Å². The average molecular weight is 310 g/mol. The van der Waals surface area contributed by atoms with E-state index in [0.717, 1.165) is 12.8 Å². The smallest absolute Gasteiger partial charge is 0.251 e. The Balaban J connectivity index is 2.09. The SMILES string of the molecule is Cc1cc(S(N)(=O)=O)ccc1C(=O)NCC1(C)CCCC1. The molecule has 0 bridgehead atoms. The molecular formula is C15H22N2O3S. The van der Waals surface area contributed by atoms with Crippen molar-refractivity contribution in [3.63, 3.8) is 0 Å². The molecule has 116 valence electrons. The highest BCUT2D eigenvalue weighted by molar-refractivity contribution is 7.89. The van der Waals surface area contributed by atoms with Crippen molar-refractivity contribution in [2.45, 2.75) is 44.4 Å². The minimum absolute atomic E-state index is 0.0271. The summed E-state index contributed by atoms with van der Waals surface area (Å²) >= 11 is 0. The molecule has 0 saturated heterocycles. The van der Waals surface area contributed by atoms with Gasteiger partial charge in [0, 0.05) is 12.1 Å². The first-order valence-corrected chi connectivity index (χ1v) is 8.68. The summed E-state index contributed by atoms with van der Waals surface area (Å²) in [6.45, 7) is 4.56. The lowest BCUT2D eigenvalue weighted by Crippen LogP contribution is -2.34. The first-order valence-electron chi connectivity index (χ1n) is 7.13. The molecule has 3 N–H and O–H groups in total. The van der Waals surface area contributed by atoms with E-state index in [-0.39, 0.29) is 16.2 Å². The van der Waals surface area contributed by atoms with Crippen LogP contribution in [0.25, 0.3) is 0 Å². The summed E-state index contributed by atoms with van der Waals surface area (Å²) < 4.78 is 22.6. The summed E-state index contributed by atoms with van der Waals surface area (Å²) in [4.78, 5) is 12.3. The van der Waals surface area contributed by atoms with Crippen molar-refractivity contribution < 1.29 is 13.2 Å². The molecule has 1 aliphatic carbocycles. The van der Waals surface area contributed by atoms with Crippen LogP contribution in [0.3, 0.4) is 0 Å². The molecule has 1 amide bonds. The molecule has 0 heterocycles. The maximum Gasteiger partial charge on any atom is 0.251 e. The van der Waals surface area contributed by atoms with Gasteiger partial charge in [-0.25, -0.2) is 13.6 Å². The molecule has 21 heavy (non-hydrogen) atoms. The Morgan fingerprint density at radius 3 is 2.48 bits per heavy atom. The molecule has 2 rings (SSSR count).